The smallest absolute Gasteiger partial charge is 0.265 e. The molecule has 0 saturated carbocycles. The van der Waals surface area contributed by atoms with Gasteiger partial charge in [0.1, 0.15) is 6.17 Å². The number of hydrogen-bond donors (Lipinski definition) is 1. The second-order valence-electron chi connectivity index (χ2n) is 10.3. The number of hydrogen-bond acceptors (Lipinski definition) is 6. The van der Waals surface area contributed by atoms with Crippen molar-refractivity contribution in [1.29, 1.82) is 0 Å². The Morgan fingerprint density at radius 3 is 2.60 bits per heavy atom. The highest BCUT2D eigenvalue weighted by Gasteiger charge is 2.74. The van der Waals surface area contributed by atoms with Gasteiger partial charge in [-0.25, -0.2) is 0 Å². The molecule has 5 aliphatic heterocycles. The third kappa shape index (κ3) is 2.43. The average molecular weight is 464 g/mol. The lowest BCUT2D eigenvalue weighted by Gasteiger charge is -2.58. The fourth-order valence-electron chi connectivity index (χ4n) is 4.72. The Bertz CT molecular complexity index is 952. The third-order valence-electron chi connectivity index (χ3n) is 7.69. The number of benzene rings is 1. The zero-order valence-corrected chi connectivity index (χ0v) is 20.9. The Morgan fingerprint density at radius 2 is 1.90 bits per heavy atom. The molecular formula is C21H29N3O3S2Si. The molecule has 1 aromatic rings. The van der Waals surface area contributed by atoms with E-state index in [2.05, 4.69) is 51.3 Å². The van der Waals surface area contributed by atoms with E-state index < -0.39 is 18.1 Å². The third-order valence-corrected chi connectivity index (χ3v) is 15.8. The lowest BCUT2D eigenvalue weighted by atomic mass is 9.95. The highest BCUT2D eigenvalue weighted by Crippen LogP contribution is 2.67. The molecule has 5 aliphatic rings. The number of rotatable bonds is 3. The largest absolute Gasteiger partial charge is 0.413 e. The van der Waals surface area contributed by atoms with Crippen molar-refractivity contribution < 1.29 is 14.0 Å². The quantitative estimate of drug-likeness (QED) is 0.539. The molecule has 1 aromatic carbocycles. The summed E-state index contributed by atoms with van der Waals surface area (Å²) in [7, 11) is 2.78. The van der Waals surface area contributed by atoms with Crippen molar-refractivity contribution in [3.05, 3.63) is 29.8 Å². The van der Waals surface area contributed by atoms with Crippen molar-refractivity contribution in [3.8, 4) is 0 Å². The van der Waals surface area contributed by atoms with Gasteiger partial charge in [-0.3, -0.25) is 14.5 Å². The summed E-state index contributed by atoms with van der Waals surface area (Å²) in [4.78, 5) is 29.3. The van der Waals surface area contributed by atoms with Gasteiger partial charge in [0.2, 0.25) is 4.87 Å². The molecule has 9 heteroatoms. The van der Waals surface area contributed by atoms with Crippen molar-refractivity contribution in [2.75, 3.05) is 19.0 Å². The first-order valence-corrected chi connectivity index (χ1v) is 15.5. The maximum absolute atomic E-state index is 14.0. The molecule has 6 rings (SSSR count). The van der Waals surface area contributed by atoms with Crippen molar-refractivity contribution >= 4 is 47.4 Å². The van der Waals surface area contributed by atoms with Crippen LogP contribution in [0, 0.1) is 0 Å². The van der Waals surface area contributed by atoms with E-state index in [0.29, 0.717) is 6.42 Å². The number of fused-ring (bicyclic) bond motifs is 5. The van der Waals surface area contributed by atoms with Crippen LogP contribution >= 0.6 is 21.6 Å². The first-order valence-electron chi connectivity index (χ1n) is 10.4. The van der Waals surface area contributed by atoms with Crippen molar-refractivity contribution in [1.82, 2.24) is 9.80 Å². The molecular weight excluding hydrogens is 434 g/mol. The Labute approximate surface area is 187 Å². The minimum Gasteiger partial charge on any atom is -0.413 e. The van der Waals surface area contributed by atoms with Crippen LogP contribution in [0.2, 0.25) is 18.1 Å². The molecule has 30 heavy (non-hydrogen) atoms. The summed E-state index contributed by atoms with van der Waals surface area (Å²) < 4.78 is 6.50. The molecule has 2 amide bonds. The number of carbonyl (C=O) groups is 2. The fourth-order valence-corrected chi connectivity index (χ4v) is 9.49. The molecule has 0 radical (unpaired) electrons. The Kier molecular flexibility index (Phi) is 4.29. The molecule has 4 saturated heterocycles. The molecule has 2 bridgehead atoms. The Hall–Kier alpha value is -1.16. The zero-order valence-electron chi connectivity index (χ0n) is 18.3. The number of nitrogens with one attached hydrogen (secondary N) is 1. The van der Waals surface area contributed by atoms with Crippen LogP contribution in [-0.2, 0) is 14.0 Å². The molecule has 6 nitrogen and oxygen atoms in total. The van der Waals surface area contributed by atoms with Gasteiger partial charge in [0.15, 0.2) is 13.2 Å². The van der Waals surface area contributed by atoms with Gasteiger partial charge in [0.05, 0.1) is 6.61 Å². The van der Waals surface area contributed by atoms with Crippen molar-refractivity contribution in [3.63, 3.8) is 0 Å². The topological polar surface area (TPSA) is 61.9 Å². The van der Waals surface area contributed by atoms with Crippen molar-refractivity contribution in [2.45, 2.75) is 67.1 Å². The number of carbonyl (C=O) groups excluding carboxylic acids is 2. The zero-order chi connectivity index (χ0) is 21.7. The number of para-hydroxylation sites is 1. The van der Waals surface area contributed by atoms with E-state index >= 15 is 0 Å². The minimum absolute atomic E-state index is 0.000125. The summed E-state index contributed by atoms with van der Waals surface area (Å²) >= 11 is 0. The predicted molar refractivity (Wildman–Crippen MR) is 125 cm³/mol. The molecule has 0 aliphatic carbocycles. The van der Waals surface area contributed by atoms with Gasteiger partial charge in [0.25, 0.3) is 11.8 Å². The van der Waals surface area contributed by atoms with Crippen LogP contribution in [0.4, 0.5) is 5.69 Å². The maximum atomic E-state index is 14.0. The second kappa shape index (κ2) is 6.21. The number of anilines is 1. The molecule has 4 atom stereocenters. The predicted octanol–water partition coefficient (Wildman–Crippen LogP) is 4.04. The number of likely N-dealkylation sites (N-methyl/N-ethyl adjacent to an activating group) is 1. The number of amides is 2. The van der Waals surface area contributed by atoms with Gasteiger partial charge >= 0.3 is 0 Å². The Balaban J connectivity index is 1.51. The summed E-state index contributed by atoms with van der Waals surface area (Å²) in [6.07, 6.45) is 0.473. The van der Waals surface area contributed by atoms with Crippen LogP contribution in [0.5, 0.6) is 0 Å². The first-order chi connectivity index (χ1) is 13.9. The van der Waals surface area contributed by atoms with Crippen LogP contribution in [-0.4, -0.2) is 59.5 Å². The SMILES string of the molecule is CN1C(=O)[C@@]23C[C@@H]4c5ccccc5N[C@@H]4N2C(=O)[C@]1(CO[Si](C)(C)C(C)(C)C)SS3. The normalized spacial score (nSPS) is 34.7. The van der Waals surface area contributed by atoms with E-state index in [-0.39, 0.29) is 35.5 Å². The van der Waals surface area contributed by atoms with Crippen LogP contribution in [0.1, 0.15) is 38.7 Å². The molecule has 1 N–H and O–H groups in total. The lowest BCUT2D eigenvalue weighted by Crippen LogP contribution is -2.77. The summed E-state index contributed by atoms with van der Waals surface area (Å²) in [6.45, 7) is 11.2. The minimum atomic E-state index is -2.08. The van der Waals surface area contributed by atoms with E-state index in [1.54, 1.807) is 22.7 Å². The number of piperazine rings is 1. The fraction of sp³-hybridized carbons (Fsp3) is 0.619. The Morgan fingerprint density at radius 1 is 1.20 bits per heavy atom. The lowest BCUT2D eigenvalue weighted by molar-refractivity contribution is -0.166. The summed E-state index contributed by atoms with van der Waals surface area (Å²) in [5, 5.41) is 3.57. The summed E-state index contributed by atoms with van der Waals surface area (Å²) in [5.41, 5.74) is 2.27. The molecule has 0 unspecified atom stereocenters. The van der Waals surface area contributed by atoms with Gasteiger partial charge in [-0.1, -0.05) is 49.8 Å². The van der Waals surface area contributed by atoms with E-state index in [1.165, 1.54) is 16.4 Å². The van der Waals surface area contributed by atoms with E-state index in [9.17, 15) is 9.59 Å². The molecule has 4 fully saturated rings. The van der Waals surface area contributed by atoms with Crippen molar-refractivity contribution in [2.24, 2.45) is 0 Å². The van der Waals surface area contributed by atoms with Gasteiger partial charge in [-0.15, -0.1) is 0 Å². The van der Waals surface area contributed by atoms with Gasteiger partial charge < -0.3 is 14.6 Å². The number of nitrogens with zero attached hydrogens (tertiary/aromatic N) is 2. The van der Waals surface area contributed by atoms with Crippen LogP contribution < -0.4 is 5.32 Å². The van der Waals surface area contributed by atoms with E-state index in [1.807, 2.05) is 17.0 Å². The van der Waals surface area contributed by atoms with Gasteiger partial charge in [-0.2, -0.15) is 0 Å². The molecule has 162 valence electrons. The summed E-state index contributed by atoms with van der Waals surface area (Å²) in [6, 6.07) is 8.20. The average Bonchev–Trinajstić information content (AvgIpc) is 3.19. The van der Waals surface area contributed by atoms with Gasteiger partial charge in [-0.05, 0) is 40.6 Å². The monoisotopic (exact) mass is 463 g/mol. The first kappa shape index (κ1) is 20.7. The summed E-state index contributed by atoms with van der Waals surface area (Å²) in [5.74, 6) is 0.157. The highest BCUT2D eigenvalue weighted by molar-refractivity contribution is 8.78. The maximum Gasteiger partial charge on any atom is 0.265 e. The second-order valence-corrected chi connectivity index (χ2v) is 17.8. The van der Waals surface area contributed by atoms with Crippen LogP contribution in [0.3, 0.4) is 0 Å². The van der Waals surface area contributed by atoms with E-state index in [0.717, 1.165) is 5.69 Å². The molecule has 0 aromatic heterocycles. The van der Waals surface area contributed by atoms with Gasteiger partial charge in [0, 0.05) is 25.1 Å². The highest BCUT2D eigenvalue weighted by atomic mass is 33.1. The standard InChI is InChI=1S/C21H29N3O3S2Si/c1-19(2,3)30(5,6)27-12-21-18(26)24-16-14(13-9-7-8-10-15(13)22-16)11-20(24,28-29-21)17(25)23(21)4/h7-10,14,16,22H,11-12H2,1-6H3/t14-,16-,20+,21+/m1/s1. The van der Waals surface area contributed by atoms with Crippen LogP contribution in [0.15, 0.2) is 24.3 Å². The van der Waals surface area contributed by atoms with Crippen LogP contribution in [0.25, 0.3) is 0 Å². The molecule has 5 heterocycles. The van der Waals surface area contributed by atoms with E-state index in [4.69, 9.17) is 4.43 Å². The molecule has 1 spiro atoms.